The van der Waals surface area contributed by atoms with Crippen LogP contribution in [0, 0.1) is 0 Å². The maximum Gasteiger partial charge on any atom is 0.257 e. The van der Waals surface area contributed by atoms with Crippen LogP contribution in [0.4, 0.5) is 5.69 Å². The Bertz CT molecular complexity index is 456. The molecule has 0 saturated heterocycles. The van der Waals surface area contributed by atoms with E-state index in [0.29, 0.717) is 23.6 Å². The van der Waals surface area contributed by atoms with Gasteiger partial charge in [-0.15, -0.1) is 0 Å². The number of benzene rings is 1. The van der Waals surface area contributed by atoms with Crippen molar-refractivity contribution in [3.8, 4) is 5.75 Å². The van der Waals surface area contributed by atoms with E-state index in [4.69, 9.17) is 10.5 Å². The first kappa shape index (κ1) is 12.7. The fourth-order valence-electron chi connectivity index (χ4n) is 1.84. The summed E-state index contributed by atoms with van der Waals surface area (Å²) in [4.78, 5) is 12.2. The lowest BCUT2D eigenvalue weighted by Gasteiger charge is -2.17. The van der Waals surface area contributed by atoms with Gasteiger partial charge >= 0.3 is 0 Å². The van der Waals surface area contributed by atoms with Gasteiger partial charge in [0, 0.05) is 5.69 Å². The normalized spacial score (nSPS) is 16.1. The fraction of sp³-hybridized carbons (Fsp3) is 0.462. The average Bonchev–Trinajstić information content (AvgIpc) is 3.10. The molecule has 5 heteroatoms. The van der Waals surface area contributed by atoms with Gasteiger partial charge in [-0.2, -0.15) is 0 Å². The Morgan fingerprint density at radius 2 is 2.28 bits per heavy atom. The number of hydrogen-bond donors (Lipinski definition) is 3. The summed E-state index contributed by atoms with van der Waals surface area (Å²) in [6.45, 7) is 2.27. The van der Waals surface area contributed by atoms with E-state index in [1.807, 2.05) is 6.92 Å². The molecule has 0 unspecified atom stereocenters. The van der Waals surface area contributed by atoms with Crippen LogP contribution < -0.4 is 15.8 Å². The largest absolute Gasteiger partial charge is 0.493 e. The Balaban J connectivity index is 2.23. The summed E-state index contributed by atoms with van der Waals surface area (Å²) in [5.74, 6) is 0.187. The lowest BCUT2D eigenvalue weighted by atomic mass is 10.1. The Morgan fingerprint density at radius 3 is 2.83 bits per heavy atom. The third kappa shape index (κ3) is 2.41. The Hall–Kier alpha value is -1.75. The number of nitrogens with one attached hydrogen (secondary N) is 1. The first-order chi connectivity index (χ1) is 8.62. The Labute approximate surface area is 106 Å². The summed E-state index contributed by atoms with van der Waals surface area (Å²) >= 11 is 0. The van der Waals surface area contributed by atoms with Crippen molar-refractivity contribution < 1.29 is 14.6 Å². The minimum atomic E-state index is -0.456. The summed E-state index contributed by atoms with van der Waals surface area (Å²) in [6.07, 6.45) is 1.60. The lowest BCUT2D eigenvalue weighted by Crippen LogP contribution is -2.40. The fourth-order valence-corrected chi connectivity index (χ4v) is 1.84. The summed E-state index contributed by atoms with van der Waals surface area (Å²) < 4.78 is 5.40. The zero-order chi connectivity index (χ0) is 13.2. The number of amides is 1. The molecular formula is C13H18N2O3. The maximum absolute atomic E-state index is 12.2. The summed E-state index contributed by atoms with van der Waals surface area (Å²) in [5.41, 5.74) is 6.10. The maximum atomic E-state index is 12.2. The summed E-state index contributed by atoms with van der Waals surface area (Å²) in [5, 5.41) is 12.0. The predicted molar refractivity (Wildman–Crippen MR) is 68.5 cm³/mol. The van der Waals surface area contributed by atoms with Gasteiger partial charge in [0.2, 0.25) is 0 Å². The SMILES string of the molecule is CCOc1cccc(N)c1C(=O)NC1(CO)CC1. The van der Waals surface area contributed by atoms with E-state index in [1.165, 1.54) is 0 Å². The molecule has 0 atom stereocenters. The van der Waals surface area contributed by atoms with Gasteiger partial charge in [0.25, 0.3) is 5.91 Å². The van der Waals surface area contributed by atoms with Crippen LogP contribution in [0.3, 0.4) is 0 Å². The monoisotopic (exact) mass is 250 g/mol. The molecule has 1 saturated carbocycles. The van der Waals surface area contributed by atoms with Gasteiger partial charge in [0.15, 0.2) is 0 Å². The molecule has 2 rings (SSSR count). The third-order valence-electron chi connectivity index (χ3n) is 3.12. The second-order valence-electron chi connectivity index (χ2n) is 4.55. The van der Waals surface area contributed by atoms with Crippen LogP contribution in [-0.2, 0) is 0 Å². The molecule has 4 N–H and O–H groups in total. The highest BCUT2D eigenvalue weighted by molar-refractivity contribution is 6.02. The number of aliphatic hydroxyl groups is 1. The second kappa shape index (κ2) is 4.86. The molecule has 0 aliphatic heterocycles. The number of ether oxygens (including phenoxy) is 1. The number of hydrogen-bond acceptors (Lipinski definition) is 4. The topological polar surface area (TPSA) is 84.6 Å². The number of rotatable bonds is 5. The Kier molecular flexibility index (Phi) is 3.43. The minimum absolute atomic E-state index is 0.0462. The standard InChI is InChI=1S/C13H18N2O3/c1-2-18-10-5-3-4-9(14)11(10)12(17)15-13(8-16)6-7-13/h3-5,16H,2,6-8,14H2,1H3,(H,15,17). The molecule has 1 amide bonds. The van der Waals surface area contributed by atoms with Gasteiger partial charge in [0.05, 0.1) is 18.8 Å². The Morgan fingerprint density at radius 1 is 1.56 bits per heavy atom. The highest BCUT2D eigenvalue weighted by Crippen LogP contribution is 2.36. The molecule has 1 aliphatic rings. The molecule has 0 radical (unpaired) electrons. The molecule has 0 spiro atoms. The molecule has 1 aliphatic carbocycles. The van der Waals surface area contributed by atoms with Crippen molar-refractivity contribution in [2.45, 2.75) is 25.3 Å². The molecule has 1 aromatic carbocycles. The van der Waals surface area contributed by atoms with Gasteiger partial charge in [-0.3, -0.25) is 4.79 Å². The van der Waals surface area contributed by atoms with Crippen molar-refractivity contribution in [1.82, 2.24) is 5.32 Å². The number of nitrogens with two attached hydrogens (primary N) is 1. The minimum Gasteiger partial charge on any atom is -0.493 e. The number of nitrogen functional groups attached to an aromatic ring is 1. The first-order valence-electron chi connectivity index (χ1n) is 6.06. The van der Waals surface area contributed by atoms with Crippen LogP contribution in [-0.4, -0.2) is 29.8 Å². The van der Waals surface area contributed by atoms with Gasteiger partial charge in [-0.25, -0.2) is 0 Å². The summed E-state index contributed by atoms with van der Waals surface area (Å²) in [6, 6.07) is 5.12. The van der Waals surface area contributed by atoms with Crippen molar-refractivity contribution in [1.29, 1.82) is 0 Å². The first-order valence-corrected chi connectivity index (χ1v) is 6.06. The number of carbonyl (C=O) groups excluding carboxylic acids is 1. The van der Waals surface area contributed by atoms with Crippen LogP contribution >= 0.6 is 0 Å². The molecule has 98 valence electrons. The molecule has 0 heterocycles. The summed E-state index contributed by atoms with van der Waals surface area (Å²) in [7, 11) is 0. The zero-order valence-corrected chi connectivity index (χ0v) is 10.4. The zero-order valence-electron chi connectivity index (χ0n) is 10.4. The van der Waals surface area contributed by atoms with E-state index < -0.39 is 5.54 Å². The number of anilines is 1. The van der Waals surface area contributed by atoms with Crippen LogP contribution in [0.15, 0.2) is 18.2 Å². The van der Waals surface area contributed by atoms with Crippen molar-refractivity contribution in [2.24, 2.45) is 0 Å². The second-order valence-corrected chi connectivity index (χ2v) is 4.55. The molecule has 0 bridgehead atoms. The molecule has 1 fully saturated rings. The highest BCUT2D eigenvalue weighted by atomic mass is 16.5. The predicted octanol–water partition coefficient (Wildman–Crippen LogP) is 0.922. The van der Waals surface area contributed by atoms with Crippen molar-refractivity contribution in [3.05, 3.63) is 23.8 Å². The molecule has 5 nitrogen and oxygen atoms in total. The van der Waals surface area contributed by atoms with Crippen molar-refractivity contribution in [2.75, 3.05) is 18.9 Å². The van der Waals surface area contributed by atoms with Gasteiger partial charge in [-0.05, 0) is 31.9 Å². The lowest BCUT2D eigenvalue weighted by molar-refractivity contribution is 0.0904. The quantitative estimate of drug-likeness (QED) is 0.678. The van der Waals surface area contributed by atoms with E-state index in [2.05, 4.69) is 5.32 Å². The van der Waals surface area contributed by atoms with Crippen LogP contribution in [0.2, 0.25) is 0 Å². The number of carbonyl (C=O) groups is 1. The van der Waals surface area contributed by atoms with E-state index >= 15 is 0 Å². The van der Waals surface area contributed by atoms with E-state index in [1.54, 1.807) is 18.2 Å². The smallest absolute Gasteiger partial charge is 0.257 e. The van der Waals surface area contributed by atoms with Gasteiger partial charge in [0.1, 0.15) is 11.3 Å². The van der Waals surface area contributed by atoms with Gasteiger partial charge in [-0.1, -0.05) is 6.07 Å². The molecule has 1 aromatic rings. The third-order valence-corrected chi connectivity index (χ3v) is 3.12. The highest BCUT2D eigenvalue weighted by Gasteiger charge is 2.44. The van der Waals surface area contributed by atoms with E-state index in [9.17, 15) is 9.90 Å². The van der Waals surface area contributed by atoms with Crippen molar-refractivity contribution >= 4 is 11.6 Å². The van der Waals surface area contributed by atoms with E-state index in [0.717, 1.165) is 12.8 Å². The molecule has 18 heavy (non-hydrogen) atoms. The van der Waals surface area contributed by atoms with Crippen molar-refractivity contribution in [3.63, 3.8) is 0 Å². The molecular weight excluding hydrogens is 232 g/mol. The van der Waals surface area contributed by atoms with E-state index in [-0.39, 0.29) is 12.5 Å². The average molecular weight is 250 g/mol. The van der Waals surface area contributed by atoms with Crippen LogP contribution in [0.1, 0.15) is 30.1 Å². The van der Waals surface area contributed by atoms with Crippen LogP contribution in [0.25, 0.3) is 0 Å². The van der Waals surface area contributed by atoms with Gasteiger partial charge < -0.3 is 20.9 Å². The molecule has 0 aromatic heterocycles. The number of aliphatic hydroxyl groups excluding tert-OH is 1. The van der Waals surface area contributed by atoms with Crippen LogP contribution in [0.5, 0.6) is 5.75 Å².